The number of ketones is 1. The molecule has 12 unspecified atom stereocenters. The van der Waals surface area contributed by atoms with Gasteiger partial charge in [0.15, 0.2) is 29.0 Å². The third kappa shape index (κ3) is 12.7. The number of benzene rings is 4. The van der Waals surface area contributed by atoms with Crippen molar-refractivity contribution in [1.29, 1.82) is 0 Å². The van der Waals surface area contributed by atoms with Gasteiger partial charge in [-0.05, 0) is 119 Å². The summed E-state index contributed by atoms with van der Waals surface area (Å²) in [4.78, 5) is 79.4. The van der Waals surface area contributed by atoms with Crippen LogP contribution in [0.5, 0.6) is 11.5 Å². The van der Waals surface area contributed by atoms with Gasteiger partial charge in [-0.3, -0.25) is 9.59 Å². The number of alkyl carbamates (subject to hydrolysis) is 1. The summed E-state index contributed by atoms with van der Waals surface area (Å²) in [5.41, 5.74) is -3.53. The topological polar surface area (TPSA) is 293 Å². The van der Waals surface area contributed by atoms with Crippen LogP contribution in [0.3, 0.4) is 0 Å². The van der Waals surface area contributed by atoms with Crippen molar-refractivity contribution in [1.82, 2.24) is 20.6 Å². The number of hydrogen-bond acceptors (Lipinski definition) is 21. The second-order valence-electron chi connectivity index (χ2n) is 25.2. The number of hydrogen-bond donors (Lipinski definition) is 7. The third-order valence-electron chi connectivity index (χ3n) is 18.0. The molecule has 0 radical (unpaired) electrons. The Labute approximate surface area is 527 Å². The van der Waals surface area contributed by atoms with E-state index in [0.29, 0.717) is 22.9 Å². The molecule has 3 fully saturated rings. The predicted octanol–water partition coefficient (Wildman–Crippen LogP) is 8.84. The number of anilines is 1. The van der Waals surface area contributed by atoms with Gasteiger partial charge in [0.1, 0.15) is 47.3 Å². The van der Waals surface area contributed by atoms with Crippen molar-refractivity contribution in [3.63, 3.8) is 0 Å². The van der Waals surface area contributed by atoms with Crippen molar-refractivity contribution in [3.8, 4) is 22.6 Å². The Kier molecular flexibility index (Phi) is 19.4. The molecule has 1 aliphatic heterocycles. The number of amides is 1. The highest BCUT2D eigenvalue weighted by Crippen LogP contribution is 2.64. The first-order chi connectivity index (χ1) is 42.5. The fourth-order valence-corrected chi connectivity index (χ4v) is 14.3. The quantitative estimate of drug-likeness (QED) is 0.0270. The van der Waals surface area contributed by atoms with E-state index in [1.807, 2.05) is 26.1 Å². The lowest BCUT2D eigenvalue weighted by Gasteiger charge is -2.67. The number of nitrogens with one attached hydrogen (secondary N) is 3. The molecular formula is C68H81N5O16S. The van der Waals surface area contributed by atoms with Crippen molar-refractivity contribution in [2.45, 2.75) is 154 Å². The molecule has 1 amide bonds. The Morgan fingerprint density at radius 3 is 2.14 bits per heavy atom. The highest BCUT2D eigenvalue weighted by Gasteiger charge is 2.78. The minimum atomic E-state index is -2.35. The maximum absolute atomic E-state index is 14.9. The molecular weight excluding hydrogens is 1170 g/mol. The number of carbonyl (C=O) groups is 5. The number of methoxy groups -OCH3 is 2. The molecule has 3 aliphatic carbocycles. The molecule has 4 aromatic carbocycles. The maximum atomic E-state index is 14.9. The lowest BCUT2D eigenvalue weighted by molar-refractivity contribution is -0.346. The highest BCUT2D eigenvalue weighted by molar-refractivity contribution is 7.10. The Bertz CT molecular complexity index is 3690. The molecule has 90 heavy (non-hydrogen) atoms. The second-order valence-corrected chi connectivity index (χ2v) is 26.2. The number of rotatable bonds is 16. The summed E-state index contributed by atoms with van der Waals surface area (Å²) in [5, 5.41) is 61.5. The summed E-state index contributed by atoms with van der Waals surface area (Å²) in [6.45, 7) is 16.7. The van der Waals surface area contributed by atoms with Crippen molar-refractivity contribution < 1.29 is 77.6 Å². The molecule has 2 aromatic heterocycles. The summed E-state index contributed by atoms with van der Waals surface area (Å²) in [7, 11) is 5.23. The normalized spacial score (nSPS) is 26.0. The standard InChI is InChI=1S/C43H53NO14.C25H28N4O2S/c1-22-26(55-37(51)32(48)30(24-15-11-9-12-16-24)44-38(52)58-39(3,4)5)20-43(53)35(56-36(50)25-17-13-10-14-18-25)33-41(8,34(49)31(47)29(22)40(43,6)7)27(46)19-28-42(33,21-54-28)57-23(2)45;1-15(24-10-18(14-32-24)19-9-7-6-8-17(19)13-26-3)27-25-20-11-22(30-4)23(31-5)12-21(20)28-16(2)29-25/h9-18,26-28,30-33,35,46-48,53H,19-21H2,1-8H3,(H,44,52);6-12,14-15,26H,13H2,1-5H3,(H,27,28,29). The molecule has 3 heterocycles. The average Bonchev–Trinajstić information content (AvgIpc) is 0.690. The van der Waals surface area contributed by atoms with Crippen LogP contribution in [0.4, 0.5) is 10.6 Å². The number of fused-ring (bicyclic) bond motifs is 6. The van der Waals surface area contributed by atoms with Gasteiger partial charge in [0.05, 0.1) is 61.4 Å². The van der Waals surface area contributed by atoms with E-state index in [2.05, 4.69) is 68.6 Å². The van der Waals surface area contributed by atoms with Gasteiger partial charge in [0.25, 0.3) is 0 Å². The Morgan fingerprint density at radius 1 is 0.878 bits per heavy atom. The van der Waals surface area contributed by atoms with Gasteiger partial charge in [-0.2, -0.15) is 0 Å². The number of aryl methyl sites for hydroxylation is 1. The molecule has 4 aliphatic rings. The van der Waals surface area contributed by atoms with E-state index in [1.165, 1.54) is 47.5 Å². The molecule has 21 nitrogen and oxygen atoms in total. The molecule has 480 valence electrons. The van der Waals surface area contributed by atoms with Gasteiger partial charge in [0, 0.05) is 48.1 Å². The first kappa shape index (κ1) is 66.6. The van der Waals surface area contributed by atoms with Gasteiger partial charge >= 0.3 is 24.0 Å². The average molecular weight is 1260 g/mol. The van der Waals surface area contributed by atoms with Gasteiger partial charge in [-0.1, -0.05) is 86.6 Å². The van der Waals surface area contributed by atoms with Crippen LogP contribution in [-0.4, -0.2) is 141 Å². The SMILES string of the molecule is CC(=O)OC12COC1CC(O)C1(C)C(=O)C(O)C3=C(C)C(OC(=O)C(O)C(NC(=O)OC(C)(C)C)c4ccccc4)CC(O)(C(OC(=O)c4ccccc4)C21)C3(C)C.CNCc1ccccc1-c1csc(C(C)Nc2nc(C)nc3cc(OC)c(OC)cc23)c1. The molecule has 10 rings (SSSR count). The molecule has 1 saturated heterocycles. The van der Waals surface area contributed by atoms with Gasteiger partial charge in [-0.15, -0.1) is 11.3 Å². The van der Waals surface area contributed by atoms with Crippen LogP contribution in [0.25, 0.3) is 22.0 Å². The number of aromatic nitrogens is 2. The molecule has 12 atom stereocenters. The Morgan fingerprint density at radius 2 is 1.52 bits per heavy atom. The fraction of sp³-hybridized carbons (Fsp3) is 0.456. The molecule has 0 spiro atoms. The van der Waals surface area contributed by atoms with E-state index in [4.69, 9.17) is 33.2 Å². The summed E-state index contributed by atoms with van der Waals surface area (Å²) in [5.74, 6) is -2.57. The maximum Gasteiger partial charge on any atom is 0.408 e. The van der Waals surface area contributed by atoms with E-state index in [0.717, 1.165) is 30.2 Å². The number of nitrogens with zero attached hydrogens (tertiary/aromatic N) is 2. The summed E-state index contributed by atoms with van der Waals surface area (Å²) in [6.07, 6.45) is -11.5. The lowest BCUT2D eigenvalue weighted by atomic mass is 9.44. The van der Waals surface area contributed by atoms with Crippen LogP contribution in [0.1, 0.15) is 119 Å². The third-order valence-corrected chi connectivity index (χ3v) is 19.1. The fourth-order valence-electron chi connectivity index (χ4n) is 13.4. The number of thiophene rings is 1. The molecule has 7 N–H and O–H groups in total. The number of Topliss-reactive ketones (excluding diaryl/α,β-unsaturated/α-hetero) is 1. The Hall–Kier alpha value is -7.83. The van der Waals surface area contributed by atoms with Crippen LogP contribution in [0.2, 0.25) is 0 Å². The van der Waals surface area contributed by atoms with E-state index in [1.54, 1.807) is 109 Å². The first-order valence-electron chi connectivity index (χ1n) is 29.9. The second kappa shape index (κ2) is 26.2. The molecule has 2 bridgehead atoms. The minimum Gasteiger partial charge on any atom is -0.493 e. The predicted molar refractivity (Wildman–Crippen MR) is 336 cm³/mol. The number of ether oxygens (including phenoxy) is 7. The van der Waals surface area contributed by atoms with E-state index >= 15 is 0 Å². The molecule has 6 aromatic rings. The minimum absolute atomic E-state index is 0.0637. The van der Waals surface area contributed by atoms with E-state index in [-0.39, 0.29) is 35.8 Å². The summed E-state index contributed by atoms with van der Waals surface area (Å²) >= 11 is 1.75. The van der Waals surface area contributed by atoms with Crippen molar-refractivity contribution >= 4 is 57.8 Å². The highest BCUT2D eigenvalue weighted by atomic mass is 32.1. The summed E-state index contributed by atoms with van der Waals surface area (Å²) in [6, 6.07) is 29.3. The van der Waals surface area contributed by atoms with Crippen molar-refractivity contribution in [2.24, 2.45) is 16.7 Å². The number of carbonyl (C=O) groups excluding carboxylic acids is 5. The van der Waals surface area contributed by atoms with Crippen LogP contribution in [-0.2, 0) is 44.6 Å². The van der Waals surface area contributed by atoms with Crippen LogP contribution in [0, 0.1) is 23.7 Å². The molecule has 22 heteroatoms. The van der Waals surface area contributed by atoms with E-state index < -0.39 is 112 Å². The zero-order valence-electron chi connectivity index (χ0n) is 52.9. The van der Waals surface area contributed by atoms with Crippen molar-refractivity contribution in [3.05, 3.63) is 147 Å². The summed E-state index contributed by atoms with van der Waals surface area (Å²) < 4.78 is 40.4. The van der Waals surface area contributed by atoms with Gasteiger partial charge in [0.2, 0.25) is 0 Å². The monoisotopic (exact) mass is 1260 g/mol. The van der Waals surface area contributed by atoms with Gasteiger partial charge < -0.3 is 69.5 Å². The number of aliphatic hydroxyl groups excluding tert-OH is 3. The number of aliphatic hydroxyl groups is 4. The Balaban J connectivity index is 0.000000252. The van der Waals surface area contributed by atoms with Crippen molar-refractivity contribution in [2.75, 3.05) is 33.2 Å². The first-order valence-corrected chi connectivity index (χ1v) is 30.7. The lowest BCUT2D eigenvalue weighted by Crippen LogP contribution is -2.81. The zero-order chi connectivity index (χ0) is 65.4. The smallest absolute Gasteiger partial charge is 0.408 e. The number of esters is 3. The van der Waals surface area contributed by atoms with Gasteiger partial charge in [-0.25, -0.2) is 24.4 Å². The largest absolute Gasteiger partial charge is 0.493 e. The van der Waals surface area contributed by atoms with Crippen LogP contribution in [0.15, 0.2) is 120 Å². The van der Waals surface area contributed by atoms with Crippen LogP contribution >= 0.6 is 11.3 Å². The van der Waals surface area contributed by atoms with E-state index in [9.17, 15) is 44.4 Å². The zero-order valence-corrected chi connectivity index (χ0v) is 53.7. The molecule has 2 saturated carbocycles. The van der Waals surface area contributed by atoms with Crippen LogP contribution < -0.4 is 25.4 Å².